The Morgan fingerprint density at radius 1 is 1.19 bits per heavy atom. The van der Waals surface area contributed by atoms with Crippen LogP contribution in [0.25, 0.3) is 10.1 Å². The minimum Gasteiger partial charge on any atom is -0.365 e. The second-order valence-corrected chi connectivity index (χ2v) is 11.6. The molecule has 164 valence electrons. The van der Waals surface area contributed by atoms with Crippen LogP contribution in [-0.4, -0.2) is 11.8 Å². The SMILES string of the molecule is CCCc1c(C(=O)Nc2sc3c(c2C(N)=O)CCC(C(C)(C)C)C3)sc2ccccc12. The number of fused-ring (bicyclic) bond motifs is 2. The van der Waals surface area contributed by atoms with Gasteiger partial charge in [-0.2, -0.15) is 0 Å². The standard InChI is InChI=1S/C25H30N2O2S2/c1-5-8-16-15-9-6-7-10-18(15)30-21(16)23(29)27-24-20(22(26)28)17-12-11-14(25(2,3)4)13-19(17)31-24/h6-7,9-10,14H,5,8,11-13H2,1-4H3,(H2,26,28)(H,27,29). The Labute approximate surface area is 191 Å². The zero-order valence-electron chi connectivity index (χ0n) is 18.6. The molecule has 0 spiro atoms. The molecule has 0 saturated carbocycles. The molecule has 0 fully saturated rings. The lowest BCUT2D eigenvalue weighted by molar-refractivity contribution is 0.1000. The lowest BCUT2D eigenvalue weighted by Crippen LogP contribution is -2.27. The molecule has 2 heterocycles. The van der Waals surface area contributed by atoms with Crippen molar-refractivity contribution in [2.24, 2.45) is 17.1 Å². The maximum Gasteiger partial charge on any atom is 0.266 e. The van der Waals surface area contributed by atoms with Crippen LogP contribution >= 0.6 is 22.7 Å². The van der Waals surface area contributed by atoms with E-state index < -0.39 is 5.91 Å². The van der Waals surface area contributed by atoms with Gasteiger partial charge in [0, 0.05) is 9.58 Å². The zero-order valence-corrected chi connectivity index (χ0v) is 20.3. The number of anilines is 1. The largest absolute Gasteiger partial charge is 0.365 e. The van der Waals surface area contributed by atoms with Gasteiger partial charge in [0.15, 0.2) is 0 Å². The highest BCUT2D eigenvalue weighted by atomic mass is 32.1. The molecule has 3 aromatic rings. The number of aryl methyl sites for hydroxylation is 1. The van der Waals surface area contributed by atoms with Gasteiger partial charge in [0.2, 0.25) is 0 Å². The number of benzene rings is 1. The summed E-state index contributed by atoms with van der Waals surface area (Å²) in [5, 5.41) is 4.82. The van der Waals surface area contributed by atoms with Crippen LogP contribution < -0.4 is 11.1 Å². The summed E-state index contributed by atoms with van der Waals surface area (Å²) in [6.07, 6.45) is 4.63. The summed E-state index contributed by atoms with van der Waals surface area (Å²) in [5.41, 5.74) is 8.63. The van der Waals surface area contributed by atoms with E-state index in [4.69, 9.17) is 5.73 Å². The van der Waals surface area contributed by atoms with Gasteiger partial charge < -0.3 is 11.1 Å². The number of nitrogens with one attached hydrogen (secondary N) is 1. The first kappa shape index (κ1) is 22.0. The quantitative estimate of drug-likeness (QED) is 0.467. The minimum absolute atomic E-state index is 0.141. The number of nitrogens with two attached hydrogens (primary N) is 1. The lowest BCUT2D eigenvalue weighted by atomic mass is 9.72. The maximum atomic E-state index is 13.3. The van der Waals surface area contributed by atoms with Crippen molar-refractivity contribution in [2.45, 2.75) is 59.8 Å². The van der Waals surface area contributed by atoms with Gasteiger partial charge in [-0.3, -0.25) is 9.59 Å². The van der Waals surface area contributed by atoms with E-state index in [2.05, 4.69) is 45.1 Å². The van der Waals surface area contributed by atoms with Gasteiger partial charge in [-0.25, -0.2) is 0 Å². The molecule has 3 N–H and O–H groups in total. The van der Waals surface area contributed by atoms with Gasteiger partial charge in [-0.05, 0) is 59.6 Å². The second-order valence-electron chi connectivity index (χ2n) is 9.49. The molecule has 4 nitrogen and oxygen atoms in total. The minimum atomic E-state index is -0.452. The summed E-state index contributed by atoms with van der Waals surface area (Å²) in [7, 11) is 0. The summed E-state index contributed by atoms with van der Waals surface area (Å²) < 4.78 is 1.12. The third-order valence-corrected chi connectivity index (χ3v) is 8.75. The molecule has 1 unspecified atom stereocenters. The van der Waals surface area contributed by atoms with Gasteiger partial charge in [0.25, 0.3) is 11.8 Å². The van der Waals surface area contributed by atoms with Crippen LogP contribution in [0, 0.1) is 11.3 Å². The topological polar surface area (TPSA) is 72.2 Å². The molecule has 2 aromatic heterocycles. The van der Waals surface area contributed by atoms with Crippen molar-refractivity contribution >= 4 is 49.6 Å². The van der Waals surface area contributed by atoms with Gasteiger partial charge in [-0.15, -0.1) is 22.7 Å². The van der Waals surface area contributed by atoms with Crippen molar-refractivity contribution in [1.82, 2.24) is 0 Å². The lowest BCUT2D eigenvalue weighted by Gasteiger charge is -2.33. The maximum absolute atomic E-state index is 13.3. The third-order valence-electron chi connectivity index (χ3n) is 6.37. The van der Waals surface area contributed by atoms with Crippen LogP contribution in [0.1, 0.15) is 76.6 Å². The summed E-state index contributed by atoms with van der Waals surface area (Å²) in [4.78, 5) is 27.6. The van der Waals surface area contributed by atoms with Crippen LogP contribution in [0.4, 0.5) is 5.00 Å². The van der Waals surface area contributed by atoms with Gasteiger partial charge in [0.1, 0.15) is 5.00 Å². The Kier molecular flexibility index (Phi) is 5.97. The average molecular weight is 455 g/mol. The Morgan fingerprint density at radius 3 is 2.61 bits per heavy atom. The van der Waals surface area contributed by atoms with Crippen LogP contribution in [0.2, 0.25) is 0 Å². The second kappa shape index (κ2) is 8.40. The third kappa shape index (κ3) is 4.15. The number of carbonyl (C=O) groups is 2. The molecule has 0 aliphatic heterocycles. The van der Waals surface area contributed by atoms with E-state index in [0.717, 1.165) is 58.2 Å². The van der Waals surface area contributed by atoms with E-state index in [-0.39, 0.29) is 11.3 Å². The number of carbonyl (C=O) groups excluding carboxylic acids is 2. The summed E-state index contributed by atoms with van der Waals surface area (Å²) in [5.74, 6) is -0.0353. The van der Waals surface area contributed by atoms with Crippen LogP contribution in [0.5, 0.6) is 0 Å². The summed E-state index contributed by atoms with van der Waals surface area (Å²) >= 11 is 3.05. The molecule has 2 amide bonds. The highest BCUT2D eigenvalue weighted by Gasteiger charge is 2.33. The molecule has 1 aromatic carbocycles. The number of hydrogen-bond acceptors (Lipinski definition) is 4. The average Bonchev–Trinajstić information content (AvgIpc) is 3.25. The Bertz CT molecular complexity index is 1150. The molecular weight excluding hydrogens is 424 g/mol. The van der Waals surface area contributed by atoms with E-state index in [1.54, 1.807) is 0 Å². The van der Waals surface area contributed by atoms with Crippen molar-refractivity contribution in [3.05, 3.63) is 50.7 Å². The predicted octanol–water partition coefficient (Wildman–Crippen LogP) is 6.42. The van der Waals surface area contributed by atoms with Crippen molar-refractivity contribution in [2.75, 3.05) is 5.32 Å². The fraction of sp³-hybridized carbons (Fsp3) is 0.440. The van der Waals surface area contributed by atoms with Crippen LogP contribution in [0.15, 0.2) is 24.3 Å². The van der Waals surface area contributed by atoms with E-state index in [1.165, 1.54) is 27.6 Å². The first-order chi connectivity index (χ1) is 14.7. The Morgan fingerprint density at radius 2 is 1.94 bits per heavy atom. The Balaban J connectivity index is 1.70. The summed E-state index contributed by atoms with van der Waals surface area (Å²) in [6, 6.07) is 8.15. The number of primary amides is 1. The van der Waals surface area contributed by atoms with Gasteiger partial charge >= 0.3 is 0 Å². The predicted molar refractivity (Wildman–Crippen MR) is 132 cm³/mol. The monoisotopic (exact) mass is 454 g/mol. The first-order valence-corrected chi connectivity index (χ1v) is 12.6. The highest BCUT2D eigenvalue weighted by Crippen LogP contribution is 2.44. The number of hydrogen-bond donors (Lipinski definition) is 2. The zero-order chi connectivity index (χ0) is 22.3. The molecule has 0 bridgehead atoms. The van der Waals surface area contributed by atoms with E-state index >= 15 is 0 Å². The number of thiophene rings is 2. The molecule has 0 radical (unpaired) electrons. The highest BCUT2D eigenvalue weighted by molar-refractivity contribution is 7.21. The van der Waals surface area contributed by atoms with E-state index in [1.807, 2.05) is 12.1 Å². The molecule has 4 rings (SSSR count). The molecule has 6 heteroatoms. The van der Waals surface area contributed by atoms with E-state index in [0.29, 0.717) is 16.5 Å². The van der Waals surface area contributed by atoms with Crippen molar-refractivity contribution in [3.8, 4) is 0 Å². The van der Waals surface area contributed by atoms with Crippen molar-refractivity contribution in [3.63, 3.8) is 0 Å². The normalized spacial score (nSPS) is 16.3. The smallest absolute Gasteiger partial charge is 0.266 e. The fourth-order valence-electron chi connectivity index (χ4n) is 4.61. The molecule has 0 saturated heterocycles. The van der Waals surface area contributed by atoms with E-state index in [9.17, 15) is 9.59 Å². The first-order valence-electron chi connectivity index (χ1n) is 11.0. The van der Waals surface area contributed by atoms with Crippen molar-refractivity contribution in [1.29, 1.82) is 0 Å². The van der Waals surface area contributed by atoms with Crippen LogP contribution in [-0.2, 0) is 19.3 Å². The molecule has 1 aliphatic rings. The molecular formula is C25H30N2O2S2. The fourth-order valence-corrected chi connectivity index (χ4v) is 7.09. The number of rotatable bonds is 5. The number of amides is 2. The Hall–Kier alpha value is -2.18. The van der Waals surface area contributed by atoms with Crippen LogP contribution in [0.3, 0.4) is 0 Å². The molecule has 31 heavy (non-hydrogen) atoms. The summed E-state index contributed by atoms with van der Waals surface area (Å²) in [6.45, 7) is 8.93. The van der Waals surface area contributed by atoms with Gasteiger partial charge in [0.05, 0.1) is 10.4 Å². The molecule has 1 atom stereocenters. The van der Waals surface area contributed by atoms with Crippen molar-refractivity contribution < 1.29 is 9.59 Å². The molecule has 1 aliphatic carbocycles. The van der Waals surface area contributed by atoms with Gasteiger partial charge in [-0.1, -0.05) is 52.3 Å².